The van der Waals surface area contributed by atoms with Crippen LogP contribution in [0.2, 0.25) is 0 Å². The van der Waals surface area contributed by atoms with Crippen LogP contribution >= 0.6 is 0 Å². The Balaban J connectivity index is 2.03. The van der Waals surface area contributed by atoms with E-state index in [1.165, 1.54) is 0 Å². The van der Waals surface area contributed by atoms with Gasteiger partial charge in [-0.2, -0.15) is 0 Å². The average Bonchev–Trinajstić information content (AvgIpc) is 2.26. The van der Waals surface area contributed by atoms with Gasteiger partial charge in [-0.05, 0) is 12.1 Å². The molecule has 0 amide bonds. The fourth-order valence-electron chi connectivity index (χ4n) is 1.36. The molecule has 0 unspecified atom stereocenters. The highest BCUT2D eigenvalue weighted by Crippen LogP contribution is 2.30. The lowest BCUT2D eigenvalue weighted by molar-refractivity contribution is 0.0972. The highest BCUT2D eigenvalue weighted by molar-refractivity contribution is 5.75. The number of nitrogens with two attached hydrogens (primary N) is 2. The molecule has 5 nitrogen and oxygen atoms in total. The van der Waals surface area contributed by atoms with E-state index in [9.17, 15) is 0 Å². The summed E-state index contributed by atoms with van der Waals surface area (Å²) >= 11 is 0. The van der Waals surface area contributed by atoms with Crippen LogP contribution in [-0.4, -0.2) is 25.2 Å². The summed E-state index contributed by atoms with van der Waals surface area (Å²) in [5, 5.41) is 0. The number of hydrogen-bond acceptors (Lipinski definition) is 3. The van der Waals surface area contributed by atoms with Gasteiger partial charge in [0.15, 0.2) is 23.6 Å². The lowest BCUT2D eigenvalue weighted by atomic mass is 10.2. The molecule has 1 aliphatic heterocycles. The molecule has 0 saturated carbocycles. The number of aliphatic imine (C=N–C) groups is 1. The molecule has 1 aliphatic rings. The van der Waals surface area contributed by atoms with Gasteiger partial charge in [0.25, 0.3) is 0 Å². The Bertz CT molecular complexity index is 375. The molecular weight excluding hydrogens is 194 g/mol. The number of para-hydroxylation sites is 2. The summed E-state index contributed by atoms with van der Waals surface area (Å²) in [5.74, 6) is 1.57. The number of benzene rings is 1. The first-order chi connectivity index (χ1) is 7.25. The van der Waals surface area contributed by atoms with Crippen LogP contribution in [0.25, 0.3) is 0 Å². The molecule has 15 heavy (non-hydrogen) atoms. The Kier molecular flexibility index (Phi) is 2.62. The third kappa shape index (κ3) is 2.31. The maximum atomic E-state index is 5.64. The molecule has 0 aliphatic carbocycles. The molecule has 0 saturated heterocycles. The van der Waals surface area contributed by atoms with Crippen molar-refractivity contribution in [2.75, 3.05) is 13.2 Å². The Morgan fingerprint density at radius 2 is 2.07 bits per heavy atom. The number of guanidine groups is 1. The van der Waals surface area contributed by atoms with Crippen molar-refractivity contribution in [2.24, 2.45) is 16.5 Å². The van der Waals surface area contributed by atoms with Gasteiger partial charge in [-0.3, -0.25) is 0 Å². The summed E-state index contributed by atoms with van der Waals surface area (Å²) in [7, 11) is 0. The summed E-state index contributed by atoms with van der Waals surface area (Å²) in [6, 6.07) is 7.52. The van der Waals surface area contributed by atoms with Gasteiger partial charge in [-0.15, -0.1) is 0 Å². The smallest absolute Gasteiger partial charge is 0.186 e. The fourth-order valence-corrected chi connectivity index (χ4v) is 1.36. The van der Waals surface area contributed by atoms with E-state index >= 15 is 0 Å². The highest BCUT2D eigenvalue weighted by atomic mass is 16.6. The molecule has 1 atom stereocenters. The van der Waals surface area contributed by atoms with Crippen LogP contribution in [0.4, 0.5) is 0 Å². The maximum absolute atomic E-state index is 5.64. The first-order valence-corrected chi connectivity index (χ1v) is 4.69. The number of rotatable bonds is 2. The van der Waals surface area contributed by atoms with Crippen LogP contribution in [0.3, 0.4) is 0 Å². The van der Waals surface area contributed by atoms with Crippen molar-refractivity contribution in [3.05, 3.63) is 24.3 Å². The van der Waals surface area contributed by atoms with Gasteiger partial charge in [-0.1, -0.05) is 12.1 Å². The monoisotopic (exact) mass is 207 g/mol. The van der Waals surface area contributed by atoms with E-state index in [0.717, 1.165) is 11.5 Å². The number of hydrogen-bond donors (Lipinski definition) is 2. The number of nitrogens with zero attached hydrogens (tertiary/aromatic N) is 1. The van der Waals surface area contributed by atoms with E-state index in [4.69, 9.17) is 20.9 Å². The summed E-state index contributed by atoms with van der Waals surface area (Å²) in [6.07, 6.45) is -0.123. The van der Waals surface area contributed by atoms with Gasteiger partial charge in [0.2, 0.25) is 0 Å². The van der Waals surface area contributed by atoms with Crippen molar-refractivity contribution in [2.45, 2.75) is 6.10 Å². The number of ether oxygens (including phenoxy) is 2. The van der Waals surface area contributed by atoms with Crippen LogP contribution < -0.4 is 20.9 Å². The zero-order chi connectivity index (χ0) is 10.7. The lowest BCUT2D eigenvalue weighted by Gasteiger charge is -2.25. The zero-order valence-corrected chi connectivity index (χ0v) is 8.22. The van der Waals surface area contributed by atoms with Gasteiger partial charge in [-0.25, -0.2) is 4.99 Å². The minimum absolute atomic E-state index is 0.0671. The van der Waals surface area contributed by atoms with Crippen molar-refractivity contribution in [1.29, 1.82) is 0 Å². The maximum Gasteiger partial charge on any atom is 0.186 e. The molecule has 4 N–H and O–H groups in total. The van der Waals surface area contributed by atoms with Gasteiger partial charge in [0, 0.05) is 0 Å². The predicted octanol–water partition coefficient (Wildman–Crippen LogP) is 0.0998. The van der Waals surface area contributed by atoms with Crippen molar-refractivity contribution < 1.29 is 9.47 Å². The molecule has 5 heteroatoms. The second-order valence-corrected chi connectivity index (χ2v) is 3.26. The molecule has 0 aromatic heterocycles. The molecule has 0 spiro atoms. The first kappa shape index (κ1) is 9.64. The molecule has 2 rings (SSSR count). The second-order valence-electron chi connectivity index (χ2n) is 3.26. The van der Waals surface area contributed by atoms with Crippen LogP contribution in [-0.2, 0) is 0 Å². The third-order valence-electron chi connectivity index (χ3n) is 2.05. The minimum atomic E-state index is -0.123. The Morgan fingerprint density at radius 1 is 1.33 bits per heavy atom. The molecule has 1 heterocycles. The quantitative estimate of drug-likeness (QED) is 0.532. The number of fused-ring (bicyclic) bond motifs is 1. The van der Waals surface area contributed by atoms with E-state index in [1.54, 1.807) is 0 Å². The minimum Gasteiger partial charge on any atom is -0.486 e. The molecule has 0 fully saturated rings. The molecule has 1 aromatic rings. The van der Waals surface area contributed by atoms with E-state index < -0.39 is 0 Å². The average molecular weight is 207 g/mol. The summed E-state index contributed by atoms with van der Waals surface area (Å²) < 4.78 is 11.1. The zero-order valence-electron chi connectivity index (χ0n) is 8.22. The Hall–Kier alpha value is -1.91. The standard InChI is InChI=1S/C10H13N3O2/c11-10(12)13-5-7-6-14-8-3-1-2-4-9(8)15-7/h1-4,7H,5-6H2,(H4,11,12,13)/t7-/m1/s1. The predicted molar refractivity (Wildman–Crippen MR) is 57.0 cm³/mol. The molecule has 1 aromatic carbocycles. The van der Waals surface area contributed by atoms with E-state index in [2.05, 4.69) is 4.99 Å². The van der Waals surface area contributed by atoms with Crippen LogP contribution in [0, 0.1) is 0 Å². The highest BCUT2D eigenvalue weighted by Gasteiger charge is 2.19. The lowest BCUT2D eigenvalue weighted by Crippen LogP contribution is -2.33. The van der Waals surface area contributed by atoms with Crippen molar-refractivity contribution in [1.82, 2.24) is 0 Å². The normalized spacial score (nSPS) is 18.3. The third-order valence-corrected chi connectivity index (χ3v) is 2.05. The largest absolute Gasteiger partial charge is 0.486 e. The summed E-state index contributed by atoms with van der Waals surface area (Å²) in [5.41, 5.74) is 10.5. The van der Waals surface area contributed by atoms with Gasteiger partial charge in [0.05, 0.1) is 6.54 Å². The van der Waals surface area contributed by atoms with Gasteiger partial charge >= 0.3 is 0 Å². The van der Waals surface area contributed by atoms with Crippen molar-refractivity contribution in [3.63, 3.8) is 0 Å². The van der Waals surface area contributed by atoms with Crippen LogP contribution in [0.15, 0.2) is 29.3 Å². The SMILES string of the molecule is NC(N)=NC[C@@H]1COc2ccccc2O1. The Labute approximate surface area is 87.7 Å². The molecular formula is C10H13N3O2. The van der Waals surface area contributed by atoms with Crippen molar-refractivity contribution in [3.8, 4) is 11.5 Å². The van der Waals surface area contributed by atoms with E-state index in [0.29, 0.717) is 13.2 Å². The van der Waals surface area contributed by atoms with E-state index in [1.807, 2.05) is 24.3 Å². The van der Waals surface area contributed by atoms with Gasteiger partial charge < -0.3 is 20.9 Å². The van der Waals surface area contributed by atoms with Crippen molar-refractivity contribution >= 4 is 5.96 Å². The Morgan fingerprint density at radius 3 is 2.80 bits per heavy atom. The van der Waals surface area contributed by atoms with Crippen LogP contribution in [0.5, 0.6) is 11.5 Å². The van der Waals surface area contributed by atoms with Crippen LogP contribution in [0.1, 0.15) is 0 Å². The first-order valence-electron chi connectivity index (χ1n) is 4.69. The molecule has 80 valence electrons. The summed E-state index contributed by atoms with van der Waals surface area (Å²) in [4.78, 5) is 3.89. The summed E-state index contributed by atoms with van der Waals surface area (Å²) in [6.45, 7) is 0.879. The second kappa shape index (κ2) is 4.08. The van der Waals surface area contributed by atoms with Gasteiger partial charge in [0.1, 0.15) is 6.61 Å². The molecule has 0 bridgehead atoms. The van der Waals surface area contributed by atoms with E-state index in [-0.39, 0.29) is 12.1 Å². The topological polar surface area (TPSA) is 82.9 Å². The fraction of sp³-hybridized carbons (Fsp3) is 0.300. The molecule has 0 radical (unpaired) electrons.